The maximum atomic E-state index is 13.5. The van der Waals surface area contributed by atoms with Gasteiger partial charge in [-0.1, -0.05) is 25.7 Å². The number of hydrazine groups is 1. The monoisotopic (exact) mass is 457 g/mol. The Morgan fingerprint density at radius 2 is 2.09 bits per heavy atom. The van der Waals surface area contributed by atoms with Gasteiger partial charge in [-0.2, -0.15) is 13.2 Å². The first-order valence-electron chi connectivity index (χ1n) is 9.90. The highest BCUT2D eigenvalue weighted by Gasteiger charge is 2.38. The summed E-state index contributed by atoms with van der Waals surface area (Å²) in [6.07, 6.45) is 0.676. The Bertz CT molecular complexity index is 947. The van der Waals surface area contributed by atoms with E-state index in [1.807, 2.05) is 0 Å². The van der Waals surface area contributed by atoms with Crippen molar-refractivity contribution in [1.82, 2.24) is 30.7 Å². The molecule has 2 aromatic rings. The maximum absolute atomic E-state index is 13.5. The summed E-state index contributed by atoms with van der Waals surface area (Å²) < 4.78 is 45.6. The molecule has 0 bridgehead atoms. The van der Waals surface area contributed by atoms with E-state index >= 15 is 0 Å². The first-order chi connectivity index (χ1) is 15.2. The summed E-state index contributed by atoms with van der Waals surface area (Å²) in [5.74, 6) is -2.38. The van der Waals surface area contributed by atoms with Crippen molar-refractivity contribution in [1.29, 1.82) is 0 Å². The molecule has 0 unspecified atom stereocenters. The molecule has 2 aromatic heterocycles. The zero-order chi connectivity index (χ0) is 23.3. The normalized spacial score (nSPS) is 15.4. The van der Waals surface area contributed by atoms with Crippen molar-refractivity contribution < 1.29 is 32.4 Å². The van der Waals surface area contributed by atoms with Gasteiger partial charge < -0.3 is 9.73 Å². The van der Waals surface area contributed by atoms with Crippen LogP contribution >= 0.6 is 0 Å². The highest BCUT2D eigenvalue weighted by molar-refractivity contribution is 5.79. The van der Waals surface area contributed by atoms with Crippen LogP contribution in [0.1, 0.15) is 43.7 Å². The molecule has 174 valence electrons. The largest absolute Gasteiger partial charge is 0.434 e. The van der Waals surface area contributed by atoms with Gasteiger partial charge in [0.2, 0.25) is 18.2 Å². The molecule has 11 nitrogen and oxygen atoms in total. The van der Waals surface area contributed by atoms with E-state index < -0.39 is 41.1 Å². The van der Waals surface area contributed by atoms with Gasteiger partial charge in [-0.25, -0.2) is 15.4 Å². The molecular weight excluding hydrogens is 435 g/mol. The zero-order valence-electron chi connectivity index (χ0n) is 17.1. The molecular formula is C18H22F3N7O4. The first-order valence-corrected chi connectivity index (χ1v) is 9.90. The van der Waals surface area contributed by atoms with E-state index in [0.717, 1.165) is 31.9 Å². The fourth-order valence-corrected chi connectivity index (χ4v) is 3.65. The number of hydrogen-bond acceptors (Lipinski definition) is 9. The SMILES string of the molecule is Cc1nnc(-c2cnc(NN(O)C(=O)[C@@H](CNC=O)CC3CCCC3)nc2C(F)(F)F)o1. The van der Waals surface area contributed by atoms with Crippen molar-refractivity contribution in [3.8, 4) is 11.5 Å². The number of hydrogen-bond donors (Lipinski definition) is 3. The topological polar surface area (TPSA) is 146 Å². The molecule has 0 aromatic carbocycles. The van der Waals surface area contributed by atoms with Crippen molar-refractivity contribution >= 4 is 18.3 Å². The van der Waals surface area contributed by atoms with Gasteiger partial charge in [0.15, 0.2) is 5.69 Å². The van der Waals surface area contributed by atoms with Crippen molar-refractivity contribution in [3.63, 3.8) is 0 Å². The highest BCUT2D eigenvalue weighted by atomic mass is 19.4. The third-order valence-electron chi connectivity index (χ3n) is 5.12. The van der Waals surface area contributed by atoms with Gasteiger partial charge in [0, 0.05) is 19.7 Å². The van der Waals surface area contributed by atoms with Crippen molar-refractivity contribution in [2.45, 2.75) is 45.2 Å². The van der Waals surface area contributed by atoms with Gasteiger partial charge in [-0.15, -0.1) is 15.4 Å². The van der Waals surface area contributed by atoms with Crippen LogP contribution in [0.5, 0.6) is 0 Å². The Hall–Kier alpha value is -3.29. The van der Waals surface area contributed by atoms with E-state index in [0.29, 0.717) is 12.8 Å². The van der Waals surface area contributed by atoms with Crippen molar-refractivity contribution in [2.24, 2.45) is 11.8 Å². The van der Waals surface area contributed by atoms with Crippen LogP contribution in [-0.2, 0) is 15.8 Å². The molecule has 0 aliphatic heterocycles. The average Bonchev–Trinajstić information content (AvgIpc) is 3.41. The smallest absolute Gasteiger partial charge is 0.421 e. The molecule has 0 radical (unpaired) electrons. The van der Waals surface area contributed by atoms with Crippen LogP contribution in [0.4, 0.5) is 19.1 Å². The number of nitrogens with one attached hydrogen (secondary N) is 2. The Morgan fingerprint density at radius 3 is 2.69 bits per heavy atom. The number of carbonyl (C=O) groups is 2. The average molecular weight is 457 g/mol. The third kappa shape index (κ3) is 5.69. The predicted molar refractivity (Wildman–Crippen MR) is 101 cm³/mol. The van der Waals surface area contributed by atoms with Gasteiger partial charge >= 0.3 is 6.18 Å². The summed E-state index contributed by atoms with van der Waals surface area (Å²) in [4.78, 5) is 30.4. The van der Waals surface area contributed by atoms with Gasteiger partial charge in [0.25, 0.3) is 11.8 Å². The molecule has 0 spiro atoms. The summed E-state index contributed by atoms with van der Waals surface area (Å²) in [7, 11) is 0. The molecule has 1 aliphatic rings. The Morgan fingerprint density at radius 1 is 1.38 bits per heavy atom. The molecule has 2 heterocycles. The number of rotatable bonds is 9. The lowest BCUT2D eigenvalue weighted by molar-refractivity contribution is -0.165. The predicted octanol–water partition coefficient (Wildman–Crippen LogP) is 2.34. The Balaban J connectivity index is 1.78. The quantitative estimate of drug-likeness (QED) is 0.293. The van der Waals surface area contributed by atoms with Gasteiger partial charge in [-0.3, -0.25) is 14.8 Å². The number of aromatic nitrogens is 4. The standard InChI is InChI=1S/C18H22F3N7O4/c1-10-25-26-15(32-10)13-8-23-17(24-14(13)18(19,20)21)27-28(31)16(30)12(7-22-9-29)6-11-4-2-3-5-11/h8-9,11-12,31H,2-7H2,1H3,(H,22,29)(H,23,24,27)/t12-/m1/s1. The van der Waals surface area contributed by atoms with Crippen LogP contribution < -0.4 is 10.7 Å². The Labute approximate surface area is 180 Å². The van der Waals surface area contributed by atoms with E-state index in [2.05, 4.69) is 30.9 Å². The molecule has 32 heavy (non-hydrogen) atoms. The lowest BCUT2D eigenvalue weighted by Gasteiger charge is -2.24. The van der Waals surface area contributed by atoms with Gasteiger partial charge in [0.1, 0.15) is 0 Å². The summed E-state index contributed by atoms with van der Waals surface area (Å²) in [5.41, 5.74) is 0.122. The minimum Gasteiger partial charge on any atom is -0.421 e. The summed E-state index contributed by atoms with van der Waals surface area (Å²) >= 11 is 0. The molecule has 14 heteroatoms. The van der Waals surface area contributed by atoms with Crippen LogP contribution in [0, 0.1) is 18.8 Å². The minimum absolute atomic E-state index is 0.0261. The van der Waals surface area contributed by atoms with Crippen molar-refractivity contribution in [2.75, 3.05) is 12.0 Å². The third-order valence-corrected chi connectivity index (χ3v) is 5.12. The highest BCUT2D eigenvalue weighted by Crippen LogP contribution is 2.35. The molecule has 1 saturated carbocycles. The Kier molecular flexibility index (Phi) is 7.22. The van der Waals surface area contributed by atoms with Gasteiger partial charge in [0.05, 0.1) is 11.5 Å². The van der Waals surface area contributed by atoms with Crippen LogP contribution in [0.15, 0.2) is 10.6 Å². The van der Waals surface area contributed by atoms with Gasteiger partial charge in [-0.05, 0) is 12.3 Å². The number of nitrogens with zero attached hydrogens (tertiary/aromatic N) is 5. The molecule has 1 fully saturated rings. The summed E-state index contributed by atoms with van der Waals surface area (Å²) in [5, 5.41) is 19.6. The van der Waals surface area contributed by atoms with E-state index in [1.165, 1.54) is 6.92 Å². The lowest BCUT2D eigenvalue weighted by Crippen LogP contribution is -2.42. The molecule has 3 rings (SSSR count). The van der Waals surface area contributed by atoms with E-state index in [4.69, 9.17) is 4.42 Å². The maximum Gasteiger partial charge on any atom is 0.434 e. The van der Waals surface area contributed by atoms with Crippen LogP contribution in [0.3, 0.4) is 0 Å². The number of halogens is 3. The van der Waals surface area contributed by atoms with Crippen LogP contribution in [-0.4, -0.2) is 49.4 Å². The number of anilines is 1. The number of aryl methyl sites for hydroxylation is 1. The second kappa shape index (κ2) is 9.89. The molecule has 1 atom stereocenters. The van der Waals surface area contributed by atoms with E-state index in [-0.39, 0.29) is 23.5 Å². The molecule has 2 amide bonds. The molecule has 1 aliphatic carbocycles. The fourth-order valence-electron chi connectivity index (χ4n) is 3.65. The first kappa shape index (κ1) is 23.4. The number of alkyl halides is 3. The lowest BCUT2D eigenvalue weighted by atomic mass is 9.92. The fraction of sp³-hybridized carbons (Fsp3) is 0.556. The second-order valence-electron chi connectivity index (χ2n) is 7.45. The van der Waals surface area contributed by atoms with E-state index in [9.17, 15) is 28.0 Å². The number of hydroxylamine groups is 1. The van der Waals surface area contributed by atoms with Crippen LogP contribution in [0.25, 0.3) is 11.5 Å². The van der Waals surface area contributed by atoms with Crippen LogP contribution in [0.2, 0.25) is 0 Å². The molecule has 3 N–H and O–H groups in total. The number of carbonyl (C=O) groups excluding carboxylic acids is 2. The molecule has 0 saturated heterocycles. The summed E-state index contributed by atoms with van der Waals surface area (Å²) in [6, 6.07) is 0. The van der Waals surface area contributed by atoms with Crippen molar-refractivity contribution in [3.05, 3.63) is 17.8 Å². The minimum atomic E-state index is -4.90. The van der Waals surface area contributed by atoms with E-state index in [1.54, 1.807) is 0 Å². The second-order valence-corrected chi connectivity index (χ2v) is 7.45. The zero-order valence-corrected chi connectivity index (χ0v) is 17.1. The number of amides is 2. The summed E-state index contributed by atoms with van der Waals surface area (Å²) in [6.45, 7) is 1.39.